The first-order chi connectivity index (χ1) is 10.9. The van der Waals surface area contributed by atoms with Crippen LogP contribution in [0, 0.1) is 17.8 Å². The molecule has 1 fully saturated rings. The predicted molar refractivity (Wildman–Crippen MR) is 82.3 cm³/mol. The smallest absolute Gasteiger partial charge is 0.389 e. The molecule has 1 aliphatic carbocycles. The van der Waals surface area contributed by atoms with Crippen molar-refractivity contribution in [3.8, 4) is 0 Å². The van der Waals surface area contributed by atoms with Gasteiger partial charge in [-0.1, -0.05) is 19.3 Å². The fourth-order valence-electron chi connectivity index (χ4n) is 3.32. The Kier molecular flexibility index (Phi) is 7.10. The average Bonchev–Trinajstić information content (AvgIpc) is 2.40. The average molecular weight is 352 g/mol. The number of aliphatic carboxylic acids is 1. The lowest BCUT2D eigenvalue weighted by Crippen LogP contribution is -2.40. The lowest BCUT2D eigenvalue weighted by molar-refractivity contribution is -0.173. The van der Waals surface area contributed by atoms with Crippen molar-refractivity contribution in [3.63, 3.8) is 0 Å². The number of rotatable bonds is 6. The van der Waals surface area contributed by atoms with E-state index in [4.69, 9.17) is 4.74 Å². The molecular formula is C17H27F3O4. The number of ether oxygens (including phenoxy) is 1. The van der Waals surface area contributed by atoms with Gasteiger partial charge in [-0.05, 0) is 46.0 Å². The summed E-state index contributed by atoms with van der Waals surface area (Å²) in [6, 6.07) is 0. The Morgan fingerprint density at radius 1 is 1.12 bits per heavy atom. The summed E-state index contributed by atoms with van der Waals surface area (Å²) in [5, 5.41) is 9.44. The van der Waals surface area contributed by atoms with E-state index in [9.17, 15) is 27.9 Å². The van der Waals surface area contributed by atoms with Gasteiger partial charge in [-0.2, -0.15) is 13.2 Å². The van der Waals surface area contributed by atoms with E-state index >= 15 is 0 Å². The van der Waals surface area contributed by atoms with Crippen LogP contribution < -0.4 is 0 Å². The van der Waals surface area contributed by atoms with Crippen molar-refractivity contribution in [2.45, 2.75) is 77.5 Å². The third-order valence-electron chi connectivity index (χ3n) is 4.33. The molecule has 1 N–H and O–H groups in total. The van der Waals surface area contributed by atoms with Gasteiger partial charge in [-0.3, -0.25) is 9.59 Å². The largest absolute Gasteiger partial charge is 0.481 e. The number of alkyl halides is 3. The minimum Gasteiger partial charge on any atom is -0.481 e. The van der Waals surface area contributed by atoms with Crippen LogP contribution in [-0.2, 0) is 14.3 Å². The molecule has 0 bridgehead atoms. The highest BCUT2D eigenvalue weighted by atomic mass is 19.4. The number of hydrogen-bond donors (Lipinski definition) is 1. The Hall–Kier alpha value is -1.27. The molecule has 1 unspecified atom stereocenters. The van der Waals surface area contributed by atoms with Crippen LogP contribution in [0.3, 0.4) is 0 Å². The number of esters is 1. The van der Waals surface area contributed by atoms with Gasteiger partial charge in [-0.15, -0.1) is 0 Å². The SMILES string of the molecule is CC(C)(C)OC(=O)C(C1CCCCC1)[C@@H](CCC(F)(F)F)C(=O)O. The van der Waals surface area contributed by atoms with Crippen LogP contribution in [0.4, 0.5) is 13.2 Å². The van der Waals surface area contributed by atoms with E-state index in [2.05, 4.69) is 0 Å². The highest BCUT2D eigenvalue weighted by Crippen LogP contribution is 2.38. The van der Waals surface area contributed by atoms with Gasteiger partial charge < -0.3 is 9.84 Å². The molecule has 0 amide bonds. The highest BCUT2D eigenvalue weighted by Gasteiger charge is 2.43. The lowest BCUT2D eigenvalue weighted by atomic mass is 9.72. The maximum absolute atomic E-state index is 12.6. The van der Waals surface area contributed by atoms with Crippen LogP contribution in [0.1, 0.15) is 65.7 Å². The molecule has 0 aromatic carbocycles. The Balaban J connectivity index is 3.01. The lowest BCUT2D eigenvalue weighted by Gasteiger charge is -2.34. The normalized spacial score (nSPS) is 19.6. The third kappa shape index (κ3) is 7.09. The summed E-state index contributed by atoms with van der Waals surface area (Å²) in [7, 11) is 0. The maximum Gasteiger partial charge on any atom is 0.389 e. The van der Waals surface area contributed by atoms with Gasteiger partial charge in [0.2, 0.25) is 0 Å². The zero-order valence-corrected chi connectivity index (χ0v) is 14.5. The van der Waals surface area contributed by atoms with Gasteiger partial charge in [0.15, 0.2) is 0 Å². The second-order valence-electron chi connectivity index (χ2n) is 7.56. The standard InChI is InChI=1S/C17H27F3O4/c1-16(2,3)24-15(23)13(11-7-5-4-6-8-11)12(14(21)22)9-10-17(18,19)20/h11-13H,4-10H2,1-3H3,(H,21,22)/t12-,13?/m1/s1. The van der Waals surface area contributed by atoms with Crippen molar-refractivity contribution in [3.05, 3.63) is 0 Å². The number of carbonyl (C=O) groups is 2. The van der Waals surface area contributed by atoms with Crippen LogP contribution in [0.25, 0.3) is 0 Å². The Bertz CT molecular complexity index is 434. The van der Waals surface area contributed by atoms with Gasteiger partial charge in [0.1, 0.15) is 5.60 Å². The first kappa shape index (κ1) is 20.8. The summed E-state index contributed by atoms with van der Waals surface area (Å²) in [6.45, 7) is 4.98. The van der Waals surface area contributed by atoms with Crippen LogP contribution in [-0.4, -0.2) is 28.8 Å². The van der Waals surface area contributed by atoms with Crippen LogP contribution in [0.15, 0.2) is 0 Å². The molecule has 0 radical (unpaired) electrons. The molecule has 0 aliphatic heterocycles. The summed E-state index contributed by atoms with van der Waals surface area (Å²) >= 11 is 0. The maximum atomic E-state index is 12.6. The summed E-state index contributed by atoms with van der Waals surface area (Å²) in [5.74, 6) is -4.68. The van der Waals surface area contributed by atoms with Gasteiger partial charge in [0.25, 0.3) is 0 Å². The summed E-state index contributed by atoms with van der Waals surface area (Å²) < 4.78 is 43.0. The quantitative estimate of drug-likeness (QED) is 0.711. The van der Waals surface area contributed by atoms with Crippen LogP contribution in [0.5, 0.6) is 0 Å². The fraction of sp³-hybridized carbons (Fsp3) is 0.882. The predicted octanol–water partition coefficient (Wildman–Crippen LogP) is 4.57. The second kappa shape index (κ2) is 8.21. The van der Waals surface area contributed by atoms with E-state index in [0.29, 0.717) is 12.8 Å². The van der Waals surface area contributed by atoms with Crippen molar-refractivity contribution in [1.29, 1.82) is 0 Å². The second-order valence-corrected chi connectivity index (χ2v) is 7.56. The molecule has 0 spiro atoms. The number of carboxylic acid groups (broad SMARTS) is 1. The first-order valence-electron chi connectivity index (χ1n) is 8.43. The monoisotopic (exact) mass is 352 g/mol. The van der Waals surface area contributed by atoms with E-state index in [1.165, 1.54) is 0 Å². The van der Waals surface area contributed by atoms with E-state index in [0.717, 1.165) is 19.3 Å². The molecule has 0 aromatic rings. The summed E-state index contributed by atoms with van der Waals surface area (Å²) in [5.41, 5.74) is -0.808. The van der Waals surface area contributed by atoms with E-state index in [-0.39, 0.29) is 5.92 Å². The van der Waals surface area contributed by atoms with Crippen molar-refractivity contribution in [1.82, 2.24) is 0 Å². The molecule has 0 saturated heterocycles. The Labute approximate surface area is 140 Å². The molecule has 24 heavy (non-hydrogen) atoms. The summed E-state index contributed by atoms with van der Waals surface area (Å²) in [6.07, 6.45) is -2.24. The highest BCUT2D eigenvalue weighted by molar-refractivity contribution is 5.81. The number of carbonyl (C=O) groups excluding carboxylic acids is 1. The van der Waals surface area contributed by atoms with Gasteiger partial charge in [0.05, 0.1) is 11.8 Å². The van der Waals surface area contributed by atoms with Crippen molar-refractivity contribution >= 4 is 11.9 Å². The molecule has 7 heteroatoms. The van der Waals surface area contributed by atoms with Crippen LogP contribution in [0.2, 0.25) is 0 Å². The van der Waals surface area contributed by atoms with Crippen molar-refractivity contribution in [2.75, 3.05) is 0 Å². The zero-order chi connectivity index (χ0) is 18.5. The molecule has 1 aliphatic rings. The van der Waals surface area contributed by atoms with Gasteiger partial charge >= 0.3 is 18.1 Å². The molecule has 4 nitrogen and oxygen atoms in total. The number of hydrogen-bond acceptors (Lipinski definition) is 3. The van der Waals surface area contributed by atoms with E-state index in [1.54, 1.807) is 20.8 Å². The van der Waals surface area contributed by atoms with E-state index < -0.39 is 48.4 Å². The number of halogens is 3. The Morgan fingerprint density at radius 3 is 2.08 bits per heavy atom. The molecule has 0 heterocycles. The van der Waals surface area contributed by atoms with E-state index in [1.807, 2.05) is 0 Å². The molecule has 2 atom stereocenters. The molecule has 1 rings (SSSR count). The summed E-state index contributed by atoms with van der Waals surface area (Å²) in [4.78, 5) is 24.2. The Morgan fingerprint density at radius 2 is 1.67 bits per heavy atom. The zero-order valence-electron chi connectivity index (χ0n) is 14.5. The fourth-order valence-corrected chi connectivity index (χ4v) is 3.32. The molecule has 0 aromatic heterocycles. The van der Waals surface area contributed by atoms with Gasteiger partial charge in [0, 0.05) is 6.42 Å². The minimum absolute atomic E-state index is 0.233. The van der Waals surface area contributed by atoms with Crippen molar-refractivity contribution < 1.29 is 32.6 Å². The third-order valence-corrected chi connectivity index (χ3v) is 4.33. The first-order valence-corrected chi connectivity index (χ1v) is 8.43. The van der Waals surface area contributed by atoms with Crippen LogP contribution >= 0.6 is 0 Å². The van der Waals surface area contributed by atoms with Crippen molar-refractivity contribution in [2.24, 2.45) is 17.8 Å². The minimum atomic E-state index is -4.45. The molecule has 140 valence electrons. The molecular weight excluding hydrogens is 325 g/mol. The topological polar surface area (TPSA) is 63.6 Å². The molecule has 1 saturated carbocycles. The van der Waals surface area contributed by atoms with Gasteiger partial charge in [-0.25, -0.2) is 0 Å². The number of carboxylic acids is 1.